The first kappa shape index (κ1) is 23.1. The first-order chi connectivity index (χ1) is 15.3. The zero-order valence-corrected chi connectivity index (χ0v) is 18.9. The Balaban J connectivity index is 1.79. The van der Waals surface area contributed by atoms with Crippen molar-refractivity contribution >= 4 is 34.2 Å². The lowest BCUT2D eigenvalue weighted by molar-refractivity contribution is 0.0636. The number of carbonyl (C=O) groups is 1. The molecule has 2 aromatic carbocycles. The van der Waals surface area contributed by atoms with Crippen molar-refractivity contribution in [2.45, 2.75) is 26.4 Å². The van der Waals surface area contributed by atoms with Crippen molar-refractivity contribution in [3.63, 3.8) is 0 Å². The van der Waals surface area contributed by atoms with Crippen molar-refractivity contribution in [1.29, 1.82) is 0 Å². The Morgan fingerprint density at radius 1 is 1.00 bits per heavy atom. The van der Waals surface area contributed by atoms with Gasteiger partial charge in [-0.1, -0.05) is 0 Å². The number of hydrogen-bond acceptors (Lipinski definition) is 8. The average Bonchev–Trinajstić information content (AvgIpc) is 2.73. The standard InChI is InChI=1S/C23H28N4O5/c1-23(2,3)32-22(28)27-16-8-6-15(7-9-16)26-21-20-18(24-14-25-21)12-17(13-19(20)30-5)31-11-10-29-4/h6-9,12-14H,10-11H2,1-5H3,(H,27,28)(H,24,25,26). The summed E-state index contributed by atoms with van der Waals surface area (Å²) in [5, 5.41) is 6.71. The molecule has 9 heteroatoms. The topological polar surface area (TPSA) is 104 Å². The predicted octanol–water partition coefficient (Wildman–Crippen LogP) is 4.75. The number of benzene rings is 2. The first-order valence-corrected chi connectivity index (χ1v) is 10.1. The van der Waals surface area contributed by atoms with E-state index in [1.54, 1.807) is 32.4 Å². The molecule has 32 heavy (non-hydrogen) atoms. The van der Waals surface area contributed by atoms with Gasteiger partial charge in [-0.3, -0.25) is 5.32 Å². The molecule has 0 bridgehead atoms. The van der Waals surface area contributed by atoms with Crippen molar-refractivity contribution in [2.24, 2.45) is 0 Å². The summed E-state index contributed by atoms with van der Waals surface area (Å²) < 4.78 is 21.6. The lowest BCUT2D eigenvalue weighted by atomic mass is 10.2. The molecular weight excluding hydrogens is 412 g/mol. The molecule has 0 spiro atoms. The Morgan fingerprint density at radius 3 is 2.38 bits per heavy atom. The van der Waals surface area contributed by atoms with E-state index < -0.39 is 11.7 Å². The van der Waals surface area contributed by atoms with Crippen LogP contribution >= 0.6 is 0 Å². The maximum atomic E-state index is 11.9. The van der Waals surface area contributed by atoms with Gasteiger partial charge in [0.25, 0.3) is 0 Å². The second-order valence-electron chi connectivity index (χ2n) is 7.91. The molecule has 0 aliphatic heterocycles. The zero-order valence-electron chi connectivity index (χ0n) is 18.9. The van der Waals surface area contributed by atoms with Gasteiger partial charge in [-0.25, -0.2) is 14.8 Å². The summed E-state index contributed by atoms with van der Waals surface area (Å²) in [5.41, 5.74) is 1.51. The third-order valence-corrected chi connectivity index (χ3v) is 4.24. The van der Waals surface area contributed by atoms with Gasteiger partial charge in [0.2, 0.25) is 0 Å². The Labute approximate surface area is 187 Å². The van der Waals surface area contributed by atoms with Crippen LogP contribution in [0.15, 0.2) is 42.7 Å². The van der Waals surface area contributed by atoms with Crippen LogP contribution in [-0.4, -0.2) is 49.1 Å². The number of hydrogen-bond donors (Lipinski definition) is 2. The smallest absolute Gasteiger partial charge is 0.412 e. The number of ether oxygens (including phenoxy) is 4. The van der Waals surface area contributed by atoms with E-state index in [4.69, 9.17) is 18.9 Å². The summed E-state index contributed by atoms with van der Waals surface area (Å²) in [6.07, 6.45) is 0.967. The third-order valence-electron chi connectivity index (χ3n) is 4.24. The minimum absolute atomic E-state index is 0.422. The highest BCUT2D eigenvalue weighted by Gasteiger charge is 2.16. The number of amides is 1. The lowest BCUT2D eigenvalue weighted by Gasteiger charge is -2.19. The Morgan fingerprint density at radius 2 is 1.72 bits per heavy atom. The van der Waals surface area contributed by atoms with Crippen molar-refractivity contribution in [3.05, 3.63) is 42.7 Å². The summed E-state index contributed by atoms with van der Waals surface area (Å²) in [4.78, 5) is 20.7. The number of rotatable bonds is 8. The quantitative estimate of drug-likeness (QED) is 0.484. The van der Waals surface area contributed by atoms with Crippen LogP contribution in [0.4, 0.5) is 22.0 Å². The number of carbonyl (C=O) groups excluding carboxylic acids is 1. The van der Waals surface area contributed by atoms with E-state index in [2.05, 4.69) is 20.6 Å². The average molecular weight is 441 g/mol. The maximum Gasteiger partial charge on any atom is 0.412 e. The molecule has 0 saturated carbocycles. The van der Waals surface area contributed by atoms with E-state index in [9.17, 15) is 4.79 Å². The molecule has 0 aliphatic carbocycles. The minimum Gasteiger partial charge on any atom is -0.496 e. The Bertz CT molecular complexity index is 1060. The molecule has 1 heterocycles. The molecule has 0 atom stereocenters. The SMILES string of the molecule is COCCOc1cc(OC)c2c(Nc3ccc(NC(=O)OC(C)(C)C)cc3)ncnc2c1. The zero-order chi connectivity index (χ0) is 23.1. The van der Waals surface area contributed by atoms with Gasteiger partial charge in [0.15, 0.2) is 0 Å². The van der Waals surface area contributed by atoms with Crippen molar-refractivity contribution in [1.82, 2.24) is 9.97 Å². The molecule has 0 aliphatic rings. The van der Waals surface area contributed by atoms with Gasteiger partial charge in [0.1, 0.15) is 35.9 Å². The summed E-state index contributed by atoms with van der Waals surface area (Å²) in [6.45, 7) is 6.35. The van der Waals surface area contributed by atoms with Crippen molar-refractivity contribution < 1.29 is 23.7 Å². The van der Waals surface area contributed by atoms with Gasteiger partial charge >= 0.3 is 6.09 Å². The van der Waals surface area contributed by atoms with Crippen LogP contribution in [0.25, 0.3) is 10.9 Å². The second kappa shape index (κ2) is 10.1. The van der Waals surface area contributed by atoms with E-state index in [1.807, 2.05) is 39.0 Å². The number of nitrogens with zero attached hydrogens (tertiary/aromatic N) is 2. The van der Waals surface area contributed by atoms with Gasteiger partial charge in [-0.05, 0) is 45.0 Å². The van der Waals surface area contributed by atoms with E-state index in [0.717, 1.165) is 11.1 Å². The fourth-order valence-corrected chi connectivity index (χ4v) is 2.91. The monoisotopic (exact) mass is 440 g/mol. The second-order valence-corrected chi connectivity index (χ2v) is 7.91. The van der Waals surface area contributed by atoms with E-state index in [1.165, 1.54) is 6.33 Å². The van der Waals surface area contributed by atoms with Crippen LogP contribution in [0.2, 0.25) is 0 Å². The number of anilines is 3. The minimum atomic E-state index is -0.562. The Kier molecular flexibility index (Phi) is 7.32. The molecule has 0 radical (unpaired) electrons. The predicted molar refractivity (Wildman–Crippen MR) is 123 cm³/mol. The fourth-order valence-electron chi connectivity index (χ4n) is 2.91. The largest absolute Gasteiger partial charge is 0.496 e. The summed E-state index contributed by atoms with van der Waals surface area (Å²) in [6, 6.07) is 10.8. The maximum absolute atomic E-state index is 11.9. The van der Waals surface area contributed by atoms with Gasteiger partial charge < -0.3 is 24.3 Å². The Hall–Kier alpha value is -3.59. The van der Waals surface area contributed by atoms with E-state index in [-0.39, 0.29) is 0 Å². The van der Waals surface area contributed by atoms with Crippen LogP contribution in [-0.2, 0) is 9.47 Å². The van der Waals surface area contributed by atoms with Gasteiger partial charge in [-0.2, -0.15) is 0 Å². The number of nitrogens with one attached hydrogen (secondary N) is 2. The van der Waals surface area contributed by atoms with E-state index in [0.29, 0.717) is 41.7 Å². The molecule has 0 saturated heterocycles. The van der Waals surface area contributed by atoms with E-state index >= 15 is 0 Å². The molecular formula is C23H28N4O5. The third kappa shape index (κ3) is 6.21. The highest BCUT2D eigenvalue weighted by atomic mass is 16.6. The van der Waals surface area contributed by atoms with Crippen LogP contribution in [0.3, 0.4) is 0 Å². The fraction of sp³-hybridized carbons (Fsp3) is 0.348. The van der Waals surface area contributed by atoms with Gasteiger partial charge in [0, 0.05) is 30.6 Å². The summed E-state index contributed by atoms with van der Waals surface area (Å²) in [5.74, 6) is 1.80. The molecule has 2 N–H and O–H groups in total. The molecule has 3 rings (SSSR count). The normalized spacial score (nSPS) is 11.2. The molecule has 1 amide bonds. The molecule has 1 aromatic heterocycles. The number of fused-ring (bicyclic) bond motifs is 1. The lowest BCUT2D eigenvalue weighted by Crippen LogP contribution is -2.27. The molecule has 0 fully saturated rings. The summed E-state index contributed by atoms with van der Waals surface area (Å²) in [7, 11) is 3.21. The van der Waals surface area contributed by atoms with Crippen LogP contribution < -0.4 is 20.1 Å². The number of methoxy groups -OCH3 is 2. The molecule has 3 aromatic rings. The highest BCUT2D eigenvalue weighted by molar-refractivity contribution is 5.97. The van der Waals surface area contributed by atoms with Crippen LogP contribution in [0.5, 0.6) is 11.5 Å². The van der Waals surface area contributed by atoms with Crippen LogP contribution in [0.1, 0.15) is 20.8 Å². The number of aromatic nitrogens is 2. The van der Waals surface area contributed by atoms with Crippen molar-refractivity contribution in [3.8, 4) is 11.5 Å². The molecule has 9 nitrogen and oxygen atoms in total. The summed E-state index contributed by atoms with van der Waals surface area (Å²) >= 11 is 0. The van der Waals surface area contributed by atoms with Gasteiger partial charge in [-0.15, -0.1) is 0 Å². The van der Waals surface area contributed by atoms with Gasteiger partial charge in [0.05, 0.1) is 24.6 Å². The van der Waals surface area contributed by atoms with Crippen LogP contribution in [0, 0.1) is 0 Å². The molecule has 170 valence electrons. The highest BCUT2D eigenvalue weighted by Crippen LogP contribution is 2.35. The first-order valence-electron chi connectivity index (χ1n) is 10.1. The molecule has 0 unspecified atom stereocenters. The van der Waals surface area contributed by atoms with Crippen molar-refractivity contribution in [2.75, 3.05) is 38.1 Å².